The summed E-state index contributed by atoms with van der Waals surface area (Å²) >= 11 is 0. The molecule has 0 radical (unpaired) electrons. The summed E-state index contributed by atoms with van der Waals surface area (Å²) in [5.74, 6) is 0. The Morgan fingerprint density at radius 3 is 2.54 bits per heavy atom. The van der Waals surface area contributed by atoms with Gasteiger partial charge in [0.25, 0.3) is 0 Å². The summed E-state index contributed by atoms with van der Waals surface area (Å²) in [6.07, 6.45) is 2.84. The Morgan fingerprint density at radius 2 is 1.73 bits per heavy atom. The summed E-state index contributed by atoms with van der Waals surface area (Å²) in [7, 11) is 0. The summed E-state index contributed by atoms with van der Waals surface area (Å²) < 4.78 is 2.12. The van der Waals surface area contributed by atoms with Crippen molar-refractivity contribution in [3.63, 3.8) is 0 Å². The smallest absolute Gasteiger partial charge is 0.150 e. The van der Waals surface area contributed by atoms with Gasteiger partial charge in [-0.3, -0.25) is 4.79 Å². The monoisotopic (exact) mass is 336 g/mol. The van der Waals surface area contributed by atoms with E-state index in [1.165, 1.54) is 5.56 Å². The molecule has 0 spiro atoms. The molecule has 3 heterocycles. The van der Waals surface area contributed by atoms with E-state index in [0.717, 1.165) is 44.9 Å². The van der Waals surface area contributed by atoms with E-state index in [0.29, 0.717) is 5.56 Å². The number of nitrogens with zero attached hydrogens (tertiary/aromatic N) is 2. The van der Waals surface area contributed by atoms with Crippen LogP contribution in [0.3, 0.4) is 0 Å². The Bertz CT molecular complexity index is 1300. The molecule has 0 fully saturated rings. The van der Waals surface area contributed by atoms with Crippen LogP contribution >= 0.6 is 0 Å². The average Bonchev–Trinajstić information content (AvgIpc) is 3.07. The van der Waals surface area contributed by atoms with Gasteiger partial charge < -0.3 is 4.40 Å². The lowest BCUT2D eigenvalue weighted by Crippen LogP contribution is -1.93. The Labute approximate surface area is 150 Å². The molecule has 26 heavy (non-hydrogen) atoms. The Hall–Kier alpha value is -3.46. The molecule has 0 unspecified atom stereocenters. The average molecular weight is 336 g/mol. The minimum atomic E-state index is 0.675. The minimum Gasteiger partial charge on any atom is -0.314 e. The van der Waals surface area contributed by atoms with Crippen molar-refractivity contribution in [3.05, 3.63) is 84.1 Å². The molecule has 0 aliphatic carbocycles. The van der Waals surface area contributed by atoms with Crippen LogP contribution in [0.25, 0.3) is 38.6 Å². The Kier molecular flexibility index (Phi) is 3.16. The highest BCUT2D eigenvalue weighted by molar-refractivity contribution is 6.12. The quantitative estimate of drug-likeness (QED) is 0.403. The third-order valence-electron chi connectivity index (χ3n) is 4.91. The van der Waals surface area contributed by atoms with Crippen LogP contribution in [0.4, 0.5) is 0 Å². The van der Waals surface area contributed by atoms with E-state index in [9.17, 15) is 4.79 Å². The standard InChI is InChI=1S/C23H16N2O/c1-15-6-8-17(9-7-15)22-23-20(19-4-2-3-5-21(19)24-22)13-18-12-16(14-26)10-11-25(18)23/h2-14H,1H3. The van der Waals surface area contributed by atoms with Gasteiger partial charge in [0, 0.05) is 33.6 Å². The van der Waals surface area contributed by atoms with Crippen LogP contribution in [0, 0.1) is 6.92 Å². The largest absolute Gasteiger partial charge is 0.314 e. The molecule has 0 atom stereocenters. The first kappa shape index (κ1) is 14.8. The van der Waals surface area contributed by atoms with E-state index in [2.05, 4.69) is 47.7 Å². The molecular formula is C23H16N2O. The number of carbonyl (C=O) groups is 1. The van der Waals surface area contributed by atoms with Gasteiger partial charge in [-0.05, 0) is 31.2 Å². The predicted octanol–water partition coefficient (Wildman–Crippen LogP) is 5.43. The molecule has 0 bridgehead atoms. The lowest BCUT2D eigenvalue weighted by atomic mass is 10.0. The molecule has 5 rings (SSSR count). The van der Waals surface area contributed by atoms with Crippen LogP contribution in [0.15, 0.2) is 72.9 Å². The molecule has 0 saturated carbocycles. The van der Waals surface area contributed by atoms with E-state index in [4.69, 9.17) is 4.98 Å². The van der Waals surface area contributed by atoms with Gasteiger partial charge >= 0.3 is 0 Å². The van der Waals surface area contributed by atoms with Gasteiger partial charge in [0.2, 0.25) is 0 Å². The summed E-state index contributed by atoms with van der Waals surface area (Å²) in [5.41, 5.74) is 6.98. The highest BCUT2D eigenvalue weighted by Gasteiger charge is 2.15. The zero-order chi connectivity index (χ0) is 17.7. The first-order valence-electron chi connectivity index (χ1n) is 8.60. The number of para-hydroxylation sites is 1. The van der Waals surface area contributed by atoms with Crippen LogP contribution in [-0.4, -0.2) is 15.7 Å². The Balaban J connectivity index is 1.98. The second kappa shape index (κ2) is 5.53. The molecule has 0 saturated heterocycles. The lowest BCUT2D eigenvalue weighted by Gasteiger charge is -2.09. The van der Waals surface area contributed by atoms with Crippen LogP contribution in [-0.2, 0) is 0 Å². The van der Waals surface area contributed by atoms with Crippen molar-refractivity contribution >= 4 is 33.6 Å². The number of hydrogen-bond acceptors (Lipinski definition) is 2. The summed E-state index contributed by atoms with van der Waals surface area (Å²) in [4.78, 5) is 16.2. The van der Waals surface area contributed by atoms with Gasteiger partial charge in [-0.25, -0.2) is 4.98 Å². The van der Waals surface area contributed by atoms with Crippen molar-refractivity contribution in [3.8, 4) is 11.3 Å². The molecule has 124 valence electrons. The van der Waals surface area contributed by atoms with Crippen molar-refractivity contribution in [2.75, 3.05) is 0 Å². The van der Waals surface area contributed by atoms with Gasteiger partial charge in [0.15, 0.2) is 0 Å². The van der Waals surface area contributed by atoms with E-state index in [1.807, 2.05) is 36.5 Å². The van der Waals surface area contributed by atoms with Crippen molar-refractivity contribution in [1.82, 2.24) is 9.38 Å². The highest BCUT2D eigenvalue weighted by Crippen LogP contribution is 2.34. The fourth-order valence-corrected chi connectivity index (χ4v) is 3.60. The fourth-order valence-electron chi connectivity index (χ4n) is 3.60. The molecule has 0 N–H and O–H groups in total. The number of rotatable bonds is 2. The molecule has 3 aromatic heterocycles. The van der Waals surface area contributed by atoms with E-state index < -0.39 is 0 Å². The third-order valence-corrected chi connectivity index (χ3v) is 4.91. The minimum absolute atomic E-state index is 0.675. The topological polar surface area (TPSA) is 34.4 Å². The second-order valence-electron chi connectivity index (χ2n) is 6.62. The number of pyridine rings is 2. The first-order chi connectivity index (χ1) is 12.7. The van der Waals surface area contributed by atoms with Crippen molar-refractivity contribution in [1.29, 1.82) is 0 Å². The molecule has 0 aliphatic heterocycles. The van der Waals surface area contributed by atoms with E-state index in [-0.39, 0.29) is 0 Å². The van der Waals surface area contributed by atoms with Crippen molar-refractivity contribution < 1.29 is 4.79 Å². The van der Waals surface area contributed by atoms with Crippen LogP contribution < -0.4 is 0 Å². The number of aldehydes is 1. The third kappa shape index (κ3) is 2.14. The maximum absolute atomic E-state index is 11.2. The van der Waals surface area contributed by atoms with Crippen molar-refractivity contribution in [2.45, 2.75) is 6.92 Å². The van der Waals surface area contributed by atoms with Gasteiger partial charge in [0.05, 0.1) is 16.7 Å². The zero-order valence-corrected chi connectivity index (χ0v) is 14.3. The number of carbonyl (C=O) groups excluding carboxylic acids is 1. The maximum Gasteiger partial charge on any atom is 0.150 e. The summed E-state index contributed by atoms with van der Waals surface area (Å²) in [6.45, 7) is 2.08. The molecule has 5 aromatic rings. The van der Waals surface area contributed by atoms with Crippen LogP contribution in [0.2, 0.25) is 0 Å². The SMILES string of the molecule is Cc1ccc(-c2nc3ccccc3c3cc4cc(C=O)ccn4c23)cc1. The van der Waals surface area contributed by atoms with Gasteiger partial charge in [-0.15, -0.1) is 0 Å². The second-order valence-corrected chi connectivity index (χ2v) is 6.62. The van der Waals surface area contributed by atoms with Crippen molar-refractivity contribution in [2.24, 2.45) is 0 Å². The first-order valence-corrected chi connectivity index (χ1v) is 8.60. The predicted molar refractivity (Wildman–Crippen MR) is 106 cm³/mol. The van der Waals surface area contributed by atoms with Gasteiger partial charge in [0.1, 0.15) is 6.29 Å². The number of benzene rings is 2. The summed E-state index contributed by atoms with van der Waals surface area (Å²) in [5, 5.41) is 2.27. The molecule has 0 aliphatic rings. The van der Waals surface area contributed by atoms with Crippen LogP contribution in [0.5, 0.6) is 0 Å². The van der Waals surface area contributed by atoms with Gasteiger partial charge in [-0.2, -0.15) is 0 Å². The van der Waals surface area contributed by atoms with Crippen LogP contribution in [0.1, 0.15) is 15.9 Å². The number of aryl methyl sites for hydroxylation is 1. The molecule has 0 amide bonds. The normalized spacial score (nSPS) is 11.4. The Morgan fingerprint density at radius 1 is 0.923 bits per heavy atom. The molecule has 2 aromatic carbocycles. The zero-order valence-electron chi connectivity index (χ0n) is 14.3. The van der Waals surface area contributed by atoms with E-state index >= 15 is 0 Å². The van der Waals surface area contributed by atoms with Gasteiger partial charge in [-0.1, -0.05) is 48.0 Å². The molecule has 3 nitrogen and oxygen atoms in total. The highest BCUT2D eigenvalue weighted by atomic mass is 16.1. The molecular weight excluding hydrogens is 320 g/mol. The summed E-state index contributed by atoms with van der Waals surface area (Å²) in [6, 6.07) is 22.6. The lowest BCUT2D eigenvalue weighted by molar-refractivity contribution is 0.112. The number of fused-ring (bicyclic) bond motifs is 5. The van der Waals surface area contributed by atoms with E-state index in [1.54, 1.807) is 0 Å². The fraction of sp³-hybridized carbons (Fsp3) is 0.0435. The number of hydrogen-bond donors (Lipinski definition) is 0. The number of aromatic nitrogens is 2. The molecule has 3 heteroatoms. The maximum atomic E-state index is 11.2.